The fraction of sp³-hybridized carbons (Fsp3) is 0.474. The lowest BCUT2D eigenvalue weighted by atomic mass is 10.0. The van der Waals surface area contributed by atoms with Crippen molar-refractivity contribution in [2.45, 2.75) is 37.8 Å². The van der Waals surface area contributed by atoms with E-state index in [9.17, 15) is 9.59 Å². The highest BCUT2D eigenvalue weighted by molar-refractivity contribution is 6.02. The standard InChI is InChI=1S/C19H21N5O2/c25-18-12-23(19(26)24(18)14-5-6-14)13-7-9-22(10-8-13)17-11-20-15-3-1-2-4-16(15)21-17/h1-4,11,13-14H,5-10,12H2. The second kappa shape index (κ2) is 5.93. The van der Waals surface area contributed by atoms with Gasteiger partial charge in [0.1, 0.15) is 12.4 Å². The summed E-state index contributed by atoms with van der Waals surface area (Å²) in [5.41, 5.74) is 1.79. The van der Waals surface area contributed by atoms with Gasteiger partial charge in [-0.05, 0) is 37.8 Å². The molecule has 0 N–H and O–H groups in total. The molecule has 3 fully saturated rings. The van der Waals surface area contributed by atoms with Gasteiger partial charge < -0.3 is 9.80 Å². The van der Waals surface area contributed by atoms with Crippen LogP contribution in [0.25, 0.3) is 11.0 Å². The number of benzene rings is 1. The molecule has 26 heavy (non-hydrogen) atoms. The Morgan fingerprint density at radius 1 is 0.923 bits per heavy atom. The van der Waals surface area contributed by atoms with E-state index in [4.69, 9.17) is 4.98 Å². The molecule has 1 aliphatic carbocycles. The number of carbonyl (C=O) groups excluding carboxylic acids is 2. The fourth-order valence-corrected chi connectivity index (χ4v) is 4.02. The number of hydrogen-bond acceptors (Lipinski definition) is 5. The fourth-order valence-electron chi connectivity index (χ4n) is 4.02. The van der Waals surface area contributed by atoms with Crippen molar-refractivity contribution in [3.63, 3.8) is 0 Å². The van der Waals surface area contributed by atoms with Gasteiger partial charge >= 0.3 is 6.03 Å². The molecule has 3 heterocycles. The van der Waals surface area contributed by atoms with Crippen molar-refractivity contribution < 1.29 is 9.59 Å². The lowest BCUT2D eigenvalue weighted by molar-refractivity contribution is -0.125. The number of anilines is 1. The van der Waals surface area contributed by atoms with Crippen molar-refractivity contribution in [2.75, 3.05) is 24.5 Å². The molecule has 1 aromatic heterocycles. The predicted octanol–water partition coefficient (Wildman–Crippen LogP) is 2.03. The first-order valence-corrected chi connectivity index (χ1v) is 9.30. The minimum absolute atomic E-state index is 0.0275. The van der Waals surface area contributed by atoms with Gasteiger partial charge in [-0.3, -0.25) is 14.7 Å². The van der Waals surface area contributed by atoms with Crippen LogP contribution in [0.3, 0.4) is 0 Å². The number of amides is 3. The molecule has 2 saturated heterocycles. The monoisotopic (exact) mass is 351 g/mol. The largest absolute Gasteiger partial charge is 0.355 e. The number of nitrogens with zero attached hydrogens (tertiary/aromatic N) is 5. The summed E-state index contributed by atoms with van der Waals surface area (Å²) >= 11 is 0. The molecule has 3 aliphatic rings. The summed E-state index contributed by atoms with van der Waals surface area (Å²) in [5, 5.41) is 0. The number of para-hydroxylation sites is 2. The van der Waals surface area contributed by atoms with Gasteiger partial charge in [-0.1, -0.05) is 12.1 Å². The topological polar surface area (TPSA) is 69.6 Å². The Labute approximate surface area is 151 Å². The van der Waals surface area contributed by atoms with Crippen LogP contribution in [0.4, 0.5) is 10.6 Å². The molecule has 0 unspecified atom stereocenters. The second-order valence-corrected chi connectivity index (χ2v) is 7.34. The Kier molecular flexibility index (Phi) is 3.55. The number of aromatic nitrogens is 2. The number of urea groups is 1. The Balaban J connectivity index is 1.27. The predicted molar refractivity (Wildman–Crippen MR) is 96.7 cm³/mol. The van der Waals surface area contributed by atoms with Gasteiger partial charge in [0.25, 0.3) is 5.91 Å². The smallest absolute Gasteiger partial charge is 0.327 e. The van der Waals surface area contributed by atoms with Crippen LogP contribution in [0.15, 0.2) is 30.5 Å². The zero-order chi connectivity index (χ0) is 17.7. The molecular weight excluding hydrogens is 330 g/mol. The van der Waals surface area contributed by atoms with E-state index >= 15 is 0 Å². The minimum Gasteiger partial charge on any atom is -0.355 e. The van der Waals surface area contributed by atoms with Crippen molar-refractivity contribution in [1.29, 1.82) is 0 Å². The van der Waals surface area contributed by atoms with E-state index in [0.29, 0.717) is 0 Å². The second-order valence-electron chi connectivity index (χ2n) is 7.34. The summed E-state index contributed by atoms with van der Waals surface area (Å²) in [5.74, 6) is 0.853. The lowest BCUT2D eigenvalue weighted by Crippen LogP contribution is -2.47. The van der Waals surface area contributed by atoms with Gasteiger partial charge in [0.15, 0.2) is 0 Å². The van der Waals surface area contributed by atoms with Crippen molar-refractivity contribution >= 4 is 28.8 Å². The van der Waals surface area contributed by atoms with Crippen LogP contribution in [0, 0.1) is 0 Å². The maximum Gasteiger partial charge on any atom is 0.327 e. The molecule has 2 aliphatic heterocycles. The van der Waals surface area contributed by atoms with Crippen LogP contribution in [0.2, 0.25) is 0 Å². The number of carbonyl (C=O) groups is 2. The third-order valence-electron chi connectivity index (χ3n) is 5.60. The van der Waals surface area contributed by atoms with Gasteiger partial charge in [0.2, 0.25) is 0 Å². The Morgan fingerprint density at radius 2 is 1.65 bits per heavy atom. The first kappa shape index (κ1) is 15.5. The molecule has 2 aromatic rings. The Bertz CT molecular complexity index is 873. The van der Waals surface area contributed by atoms with Crippen molar-refractivity contribution in [2.24, 2.45) is 0 Å². The maximum atomic E-state index is 12.6. The summed E-state index contributed by atoms with van der Waals surface area (Å²) in [6.07, 6.45) is 5.45. The molecule has 0 radical (unpaired) electrons. The number of piperidine rings is 1. The molecule has 0 bridgehead atoms. The molecular formula is C19H21N5O2. The normalized spacial score (nSPS) is 21.9. The molecule has 5 rings (SSSR count). The molecule has 0 atom stereocenters. The van der Waals surface area contributed by atoms with Gasteiger partial charge in [0, 0.05) is 25.2 Å². The molecule has 1 saturated carbocycles. The highest BCUT2D eigenvalue weighted by atomic mass is 16.2. The van der Waals surface area contributed by atoms with Crippen LogP contribution in [-0.2, 0) is 4.79 Å². The highest BCUT2D eigenvalue weighted by Gasteiger charge is 2.47. The van der Waals surface area contributed by atoms with E-state index in [1.54, 1.807) is 4.90 Å². The molecule has 7 nitrogen and oxygen atoms in total. The zero-order valence-corrected chi connectivity index (χ0v) is 14.5. The van der Waals surface area contributed by atoms with E-state index in [1.807, 2.05) is 30.5 Å². The SMILES string of the molecule is O=C1CN(C2CCN(c3cnc4ccccc4n3)CC2)C(=O)N1C1CC1. The third-order valence-corrected chi connectivity index (χ3v) is 5.60. The summed E-state index contributed by atoms with van der Waals surface area (Å²) < 4.78 is 0. The van der Waals surface area contributed by atoms with E-state index in [2.05, 4.69) is 9.88 Å². The Hall–Kier alpha value is -2.70. The van der Waals surface area contributed by atoms with Crippen LogP contribution < -0.4 is 4.90 Å². The van der Waals surface area contributed by atoms with Gasteiger partial charge in [-0.2, -0.15) is 0 Å². The van der Waals surface area contributed by atoms with Crippen molar-refractivity contribution in [3.05, 3.63) is 30.5 Å². The van der Waals surface area contributed by atoms with Crippen LogP contribution in [-0.4, -0.2) is 63.4 Å². The van der Waals surface area contributed by atoms with Gasteiger partial charge in [-0.25, -0.2) is 9.78 Å². The van der Waals surface area contributed by atoms with Gasteiger partial charge in [-0.15, -0.1) is 0 Å². The molecule has 134 valence electrons. The van der Waals surface area contributed by atoms with Crippen LogP contribution in [0.5, 0.6) is 0 Å². The van der Waals surface area contributed by atoms with Gasteiger partial charge in [0.05, 0.1) is 17.2 Å². The molecule has 7 heteroatoms. The van der Waals surface area contributed by atoms with E-state index < -0.39 is 0 Å². The van der Waals surface area contributed by atoms with Crippen molar-refractivity contribution in [1.82, 2.24) is 19.8 Å². The lowest BCUT2D eigenvalue weighted by Gasteiger charge is -2.36. The summed E-state index contributed by atoms with van der Waals surface area (Å²) in [6.45, 7) is 1.88. The third kappa shape index (κ3) is 2.58. The van der Waals surface area contributed by atoms with E-state index in [0.717, 1.165) is 55.6 Å². The number of fused-ring (bicyclic) bond motifs is 1. The minimum atomic E-state index is -0.0820. The number of imide groups is 1. The quantitative estimate of drug-likeness (QED) is 0.792. The van der Waals surface area contributed by atoms with Crippen molar-refractivity contribution in [3.8, 4) is 0 Å². The molecule has 3 amide bonds. The first-order valence-electron chi connectivity index (χ1n) is 9.30. The number of rotatable bonds is 3. The summed E-state index contributed by atoms with van der Waals surface area (Å²) in [7, 11) is 0. The summed E-state index contributed by atoms with van der Waals surface area (Å²) in [6, 6.07) is 8.07. The van der Waals surface area contributed by atoms with Crippen LogP contribution >= 0.6 is 0 Å². The van der Waals surface area contributed by atoms with E-state index in [1.165, 1.54) is 4.90 Å². The zero-order valence-electron chi connectivity index (χ0n) is 14.5. The molecule has 1 aromatic carbocycles. The Morgan fingerprint density at radius 3 is 2.38 bits per heavy atom. The molecule has 0 spiro atoms. The van der Waals surface area contributed by atoms with E-state index in [-0.39, 0.29) is 30.6 Å². The number of hydrogen-bond donors (Lipinski definition) is 0. The average molecular weight is 351 g/mol. The highest BCUT2D eigenvalue weighted by Crippen LogP contribution is 2.33. The van der Waals surface area contributed by atoms with Crippen LogP contribution in [0.1, 0.15) is 25.7 Å². The summed E-state index contributed by atoms with van der Waals surface area (Å²) in [4.78, 5) is 39.4. The average Bonchev–Trinajstić information content (AvgIpc) is 3.46. The first-order chi connectivity index (χ1) is 12.7. The maximum absolute atomic E-state index is 12.6.